The third-order valence-corrected chi connectivity index (χ3v) is 4.90. The Balaban J connectivity index is 1.54. The SMILES string of the molecule is CCOc1ccc(NC(=O)[C@@H](C)OC(=O)[C@H]2CC(=O)N(c3ccc(C)cc3)C2)cc1. The molecule has 2 atom stereocenters. The average molecular weight is 410 g/mol. The van der Waals surface area contributed by atoms with Gasteiger partial charge >= 0.3 is 5.97 Å². The van der Waals surface area contributed by atoms with Gasteiger partial charge in [-0.1, -0.05) is 17.7 Å². The average Bonchev–Trinajstić information content (AvgIpc) is 3.12. The van der Waals surface area contributed by atoms with Gasteiger partial charge in [-0.3, -0.25) is 14.4 Å². The van der Waals surface area contributed by atoms with Crippen molar-refractivity contribution in [3.63, 3.8) is 0 Å². The van der Waals surface area contributed by atoms with E-state index in [1.165, 1.54) is 6.92 Å². The number of nitrogens with zero attached hydrogens (tertiary/aromatic N) is 1. The van der Waals surface area contributed by atoms with Crippen molar-refractivity contribution in [1.82, 2.24) is 0 Å². The second-order valence-corrected chi connectivity index (χ2v) is 7.27. The molecule has 3 rings (SSSR count). The van der Waals surface area contributed by atoms with E-state index in [1.807, 2.05) is 38.1 Å². The Hall–Kier alpha value is -3.35. The molecule has 1 fully saturated rings. The van der Waals surface area contributed by atoms with Crippen LogP contribution in [0.2, 0.25) is 0 Å². The maximum absolute atomic E-state index is 12.5. The van der Waals surface area contributed by atoms with Crippen LogP contribution in [0.4, 0.5) is 11.4 Å². The van der Waals surface area contributed by atoms with Crippen LogP contribution < -0.4 is 15.0 Å². The van der Waals surface area contributed by atoms with E-state index in [1.54, 1.807) is 29.2 Å². The molecule has 0 aliphatic carbocycles. The molecule has 1 N–H and O–H groups in total. The minimum atomic E-state index is -0.979. The van der Waals surface area contributed by atoms with Gasteiger partial charge in [-0.25, -0.2) is 0 Å². The summed E-state index contributed by atoms with van der Waals surface area (Å²) in [7, 11) is 0. The highest BCUT2D eigenvalue weighted by molar-refractivity contribution is 6.00. The molecule has 30 heavy (non-hydrogen) atoms. The fourth-order valence-electron chi connectivity index (χ4n) is 3.21. The molecule has 1 saturated heterocycles. The third kappa shape index (κ3) is 5.17. The second kappa shape index (κ2) is 9.43. The molecule has 0 spiro atoms. The van der Waals surface area contributed by atoms with Crippen molar-refractivity contribution in [3.05, 3.63) is 54.1 Å². The summed E-state index contributed by atoms with van der Waals surface area (Å²) < 4.78 is 10.7. The van der Waals surface area contributed by atoms with Crippen LogP contribution in [-0.2, 0) is 19.1 Å². The summed E-state index contributed by atoms with van der Waals surface area (Å²) >= 11 is 0. The first-order valence-corrected chi connectivity index (χ1v) is 9.98. The molecule has 0 saturated carbocycles. The summed E-state index contributed by atoms with van der Waals surface area (Å²) in [6.07, 6.45) is -0.910. The van der Waals surface area contributed by atoms with Gasteiger partial charge in [0.15, 0.2) is 6.10 Å². The monoisotopic (exact) mass is 410 g/mol. The number of carbonyl (C=O) groups excluding carboxylic acids is 3. The highest BCUT2D eigenvalue weighted by atomic mass is 16.5. The van der Waals surface area contributed by atoms with Gasteiger partial charge in [-0.05, 0) is 57.2 Å². The van der Waals surface area contributed by atoms with Crippen molar-refractivity contribution < 1.29 is 23.9 Å². The Bertz CT molecular complexity index is 908. The van der Waals surface area contributed by atoms with E-state index in [-0.39, 0.29) is 18.9 Å². The Labute approximate surface area is 176 Å². The molecule has 1 aliphatic heterocycles. The quantitative estimate of drug-likeness (QED) is 0.708. The van der Waals surface area contributed by atoms with E-state index in [9.17, 15) is 14.4 Å². The second-order valence-electron chi connectivity index (χ2n) is 7.27. The van der Waals surface area contributed by atoms with Gasteiger partial charge in [0, 0.05) is 24.3 Å². The fraction of sp³-hybridized carbons (Fsp3) is 0.348. The largest absolute Gasteiger partial charge is 0.494 e. The Morgan fingerprint density at radius 3 is 2.43 bits per heavy atom. The van der Waals surface area contributed by atoms with Crippen LogP contribution in [0.25, 0.3) is 0 Å². The zero-order valence-electron chi connectivity index (χ0n) is 17.4. The Kier molecular flexibility index (Phi) is 6.72. The highest BCUT2D eigenvalue weighted by Crippen LogP contribution is 2.26. The number of benzene rings is 2. The van der Waals surface area contributed by atoms with Crippen molar-refractivity contribution in [3.8, 4) is 5.75 Å². The molecule has 2 aromatic rings. The van der Waals surface area contributed by atoms with Crippen molar-refractivity contribution in [2.75, 3.05) is 23.4 Å². The fourth-order valence-corrected chi connectivity index (χ4v) is 3.21. The lowest BCUT2D eigenvalue weighted by Gasteiger charge is -2.18. The number of amides is 2. The zero-order chi connectivity index (χ0) is 21.7. The molecule has 0 aromatic heterocycles. The van der Waals surface area contributed by atoms with Gasteiger partial charge in [0.2, 0.25) is 5.91 Å². The molecule has 0 bridgehead atoms. The smallest absolute Gasteiger partial charge is 0.312 e. The number of carbonyl (C=O) groups is 3. The first-order valence-electron chi connectivity index (χ1n) is 9.98. The maximum atomic E-state index is 12.5. The third-order valence-electron chi connectivity index (χ3n) is 4.90. The number of nitrogens with one attached hydrogen (secondary N) is 1. The number of ether oxygens (including phenoxy) is 2. The van der Waals surface area contributed by atoms with E-state index in [0.29, 0.717) is 18.0 Å². The predicted molar refractivity (Wildman–Crippen MR) is 113 cm³/mol. The van der Waals surface area contributed by atoms with E-state index >= 15 is 0 Å². The summed E-state index contributed by atoms with van der Waals surface area (Å²) in [6, 6.07) is 14.5. The number of anilines is 2. The van der Waals surface area contributed by atoms with Crippen molar-refractivity contribution >= 4 is 29.2 Å². The topological polar surface area (TPSA) is 84.9 Å². The van der Waals surface area contributed by atoms with Crippen molar-refractivity contribution in [2.24, 2.45) is 5.92 Å². The maximum Gasteiger partial charge on any atom is 0.312 e. The normalized spacial score (nSPS) is 16.8. The van der Waals surface area contributed by atoms with E-state index in [0.717, 1.165) is 11.3 Å². The molecule has 2 aromatic carbocycles. The first-order chi connectivity index (χ1) is 14.4. The van der Waals surface area contributed by atoms with E-state index in [4.69, 9.17) is 9.47 Å². The molecule has 0 radical (unpaired) electrons. The molecule has 7 heteroatoms. The summed E-state index contributed by atoms with van der Waals surface area (Å²) in [5, 5.41) is 2.71. The Morgan fingerprint density at radius 2 is 1.80 bits per heavy atom. The number of aryl methyl sites for hydroxylation is 1. The van der Waals surface area contributed by atoms with Crippen LogP contribution in [0.1, 0.15) is 25.8 Å². The van der Waals surface area contributed by atoms with Crippen LogP contribution in [0, 0.1) is 12.8 Å². The van der Waals surface area contributed by atoms with E-state index < -0.39 is 23.9 Å². The van der Waals surface area contributed by atoms with Crippen LogP contribution >= 0.6 is 0 Å². The predicted octanol–water partition coefficient (Wildman–Crippen LogP) is 3.32. The molecule has 158 valence electrons. The van der Waals surface area contributed by atoms with Gasteiger partial charge in [0.05, 0.1) is 12.5 Å². The molecule has 1 aliphatic rings. The first kappa shape index (κ1) is 21.4. The number of esters is 1. The zero-order valence-corrected chi connectivity index (χ0v) is 17.4. The molecular weight excluding hydrogens is 384 g/mol. The highest BCUT2D eigenvalue weighted by Gasteiger charge is 2.37. The van der Waals surface area contributed by atoms with Gasteiger partial charge in [-0.15, -0.1) is 0 Å². The van der Waals surface area contributed by atoms with Crippen LogP contribution in [-0.4, -0.2) is 37.0 Å². The molecular formula is C23H26N2O5. The summed E-state index contributed by atoms with van der Waals surface area (Å²) in [5.74, 6) is -1.01. The lowest BCUT2D eigenvalue weighted by Crippen LogP contribution is -2.33. The molecule has 2 amide bonds. The van der Waals surface area contributed by atoms with Gasteiger partial charge in [0.1, 0.15) is 5.75 Å². The van der Waals surface area contributed by atoms with Crippen molar-refractivity contribution in [1.29, 1.82) is 0 Å². The van der Waals surface area contributed by atoms with Gasteiger partial charge in [0.25, 0.3) is 5.91 Å². The van der Waals surface area contributed by atoms with Crippen molar-refractivity contribution in [2.45, 2.75) is 33.3 Å². The van der Waals surface area contributed by atoms with Gasteiger partial charge < -0.3 is 19.7 Å². The minimum Gasteiger partial charge on any atom is -0.494 e. The lowest BCUT2D eigenvalue weighted by molar-refractivity contribution is -0.157. The van der Waals surface area contributed by atoms with Gasteiger partial charge in [-0.2, -0.15) is 0 Å². The van der Waals surface area contributed by atoms with Crippen LogP contribution in [0.3, 0.4) is 0 Å². The summed E-state index contributed by atoms with van der Waals surface area (Å²) in [5.41, 5.74) is 2.42. The number of hydrogen-bond acceptors (Lipinski definition) is 5. The Morgan fingerprint density at radius 1 is 1.13 bits per heavy atom. The number of rotatable bonds is 7. The summed E-state index contributed by atoms with van der Waals surface area (Å²) in [6.45, 7) is 6.17. The lowest BCUT2D eigenvalue weighted by atomic mass is 10.1. The van der Waals surface area contributed by atoms with E-state index in [2.05, 4.69) is 5.32 Å². The summed E-state index contributed by atoms with van der Waals surface area (Å²) in [4.78, 5) is 38.8. The minimum absolute atomic E-state index is 0.0694. The van der Waals surface area contributed by atoms with Crippen LogP contribution in [0.5, 0.6) is 5.75 Å². The molecule has 0 unspecified atom stereocenters. The molecule has 1 heterocycles. The van der Waals surface area contributed by atoms with Crippen LogP contribution in [0.15, 0.2) is 48.5 Å². The number of hydrogen-bond donors (Lipinski definition) is 1. The standard InChI is InChI=1S/C23H26N2O5/c1-4-29-20-11-7-18(8-12-20)24-22(27)16(3)30-23(28)17-13-21(26)25(14-17)19-9-5-15(2)6-10-19/h5-12,16-17H,4,13-14H2,1-3H3,(H,24,27)/t16-,17+/m1/s1. The molecule has 7 nitrogen and oxygen atoms in total.